The Bertz CT molecular complexity index is 333. The van der Waals surface area contributed by atoms with Crippen LogP contribution in [0.2, 0.25) is 5.02 Å². The fourth-order valence-corrected chi connectivity index (χ4v) is 1.83. The van der Waals surface area contributed by atoms with Crippen molar-refractivity contribution in [1.82, 2.24) is 0 Å². The smallest absolute Gasteiger partial charge is 0.137 e. The number of Topliss-reactive ketones (excluding diaryl/α,β-unsaturated/α-hetero) is 1. The highest BCUT2D eigenvalue weighted by atomic mass is 35.5. The highest BCUT2D eigenvalue weighted by Gasteiger charge is 2.03. The standard InChI is InChI=1S/C14H19ClO2/c15-13-8-6-12(7-9-13)11-14(17)5-3-1-2-4-10-16/h6-9,16H,1-5,10-11H2. The van der Waals surface area contributed by atoms with Gasteiger partial charge in [-0.1, -0.05) is 36.6 Å². The summed E-state index contributed by atoms with van der Waals surface area (Å²) in [4.78, 5) is 11.6. The molecule has 17 heavy (non-hydrogen) atoms. The van der Waals surface area contributed by atoms with Gasteiger partial charge >= 0.3 is 0 Å². The highest BCUT2D eigenvalue weighted by Crippen LogP contribution is 2.11. The Labute approximate surface area is 108 Å². The van der Waals surface area contributed by atoms with Crippen LogP contribution in [-0.2, 0) is 11.2 Å². The van der Waals surface area contributed by atoms with Gasteiger partial charge in [0.05, 0.1) is 0 Å². The Morgan fingerprint density at radius 1 is 1.06 bits per heavy atom. The molecule has 0 fully saturated rings. The van der Waals surface area contributed by atoms with E-state index in [2.05, 4.69) is 0 Å². The number of hydrogen-bond acceptors (Lipinski definition) is 2. The first-order valence-electron chi connectivity index (χ1n) is 6.09. The molecule has 1 rings (SSSR count). The number of unbranched alkanes of at least 4 members (excludes halogenated alkanes) is 3. The van der Waals surface area contributed by atoms with Crippen LogP contribution in [0.3, 0.4) is 0 Å². The third kappa shape index (κ3) is 6.44. The molecule has 0 aliphatic heterocycles. The van der Waals surface area contributed by atoms with Crippen molar-refractivity contribution in [2.45, 2.75) is 38.5 Å². The molecule has 1 aromatic rings. The van der Waals surface area contributed by atoms with Crippen LogP contribution in [0, 0.1) is 0 Å². The third-order valence-electron chi connectivity index (χ3n) is 2.68. The number of halogens is 1. The molecular formula is C14H19ClO2. The zero-order chi connectivity index (χ0) is 12.5. The minimum Gasteiger partial charge on any atom is -0.396 e. The van der Waals surface area contributed by atoms with E-state index in [1.807, 2.05) is 24.3 Å². The molecule has 0 spiro atoms. The molecule has 0 amide bonds. The van der Waals surface area contributed by atoms with E-state index in [1.165, 1.54) is 0 Å². The van der Waals surface area contributed by atoms with E-state index >= 15 is 0 Å². The van der Waals surface area contributed by atoms with E-state index in [0.29, 0.717) is 17.9 Å². The number of carbonyl (C=O) groups is 1. The Hall–Kier alpha value is -0.860. The monoisotopic (exact) mass is 254 g/mol. The van der Waals surface area contributed by atoms with Gasteiger partial charge in [0.25, 0.3) is 0 Å². The van der Waals surface area contributed by atoms with Crippen molar-refractivity contribution < 1.29 is 9.90 Å². The summed E-state index contributed by atoms with van der Waals surface area (Å²) in [6.07, 6.45) is 4.92. The number of carbonyl (C=O) groups excluding carboxylic acids is 1. The van der Waals surface area contributed by atoms with E-state index < -0.39 is 0 Å². The highest BCUT2D eigenvalue weighted by molar-refractivity contribution is 6.30. The minimum atomic E-state index is 0.249. The fourth-order valence-electron chi connectivity index (χ4n) is 1.71. The van der Waals surface area contributed by atoms with Crippen LogP contribution in [0.4, 0.5) is 0 Å². The molecule has 2 nitrogen and oxygen atoms in total. The molecule has 0 saturated heterocycles. The largest absolute Gasteiger partial charge is 0.396 e. The minimum absolute atomic E-state index is 0.249. The van der Waals surface area contributed by atoms with Gasteiger partial charge in [0.2, 0.25) is 0 Å². The molecule has 1 aromatic carbocycles. The van der Waals surface area contributed by atoms with Crippen molar-refractivity contribution in [2.75, 3.05) is 6.61 Å². The average molecular weight is 255 g/mol. The second kappa shape index (κ2) is 8.26. The van der Waals surface area contributed by atoms with Crippen LogP contribution in [-0.4, -0.2) is 17.5 Å². The van der Waals surface area contributed by atoms with Gasteiger partial charge < -0.3 is 5.11 Å². The lowest BCUT2D eigenvalue weighted by atomic mass is 10.0. The lowest BCUT2D eigenvalue weighted by Gasteiger charge is -2.02. The molecule has 1 N–H and O–H groups in total. The molecule has 0 radical (unpaired) electrons. The Morgan fingerprint density at radius 3 is 2.35 bits per heavy atom. The van der Waals surface area contributed by atoms with E-state index in [0.717, 1.165) is 31.2 Å². The van der Waals surface area contributed by atoms with Gasteiger partial charge in [-0.25, -0.2) is 0 Å². The Kier molecular flexibility index (Phi) is 6.90. The van der Waals surface area contributed by atoms with E-state index in [1.54, 1.807) is 0 Å². The molecule has 0 aliphatic rings. The second-order valence-corrected chi connectivity index (χ2v) is 4.67. The topological polar surface area (TPSA) is 37.3 Å². The van der Waals surface area contributed by atoms with Gasteiger partial charge in [-0.05, 0) is 30.5 Å². The first-order valence-corrected chi connectivity index (χ1v) is 6.47. The van der Waals surface area contributed by atoms with Crippen molar-refractivity contribution in [3.8, 4) is 0 Å². The number of hydrogen-bond donors (Lipinski definition) is 1. The van der Waals surface area contributed by atoms with Crippen LogP contribution in [0.25, 0.3) is 0 Å². The molecule has 0 bridgehead atoms. The summed E-state index contributed by atoms with van der Waals surface area (Å²) in [5.74, 6) is 0.274. The van der Waals surface area contributed by atoms with Crippen LogP contribution < -0.4 is 0 Å². The SMILES string of the molecule is O=C(CCCCCCO)Cc1ccc(Cl)cc1. The molecule has 0 saturated carbocycles. The predicted molar refractivity (Wildman–Crippen MR) is 70.3 cm³/mol. The van der Waals surface area contributed by atoms with Gasteiger partial charge in [0, 0.05) is 24.5 Å². The lowest BCUT2D eigenvalue weighted by molar-refractivity contribution is -0.118. The molecule has 94 valence electrons. The number of ketones is 1. The first-order chi connectivity index (χ1) is 8.22. The molecule has 0 aromatic heterocycles. The normalized spacial score (nSPS) is 10.5. The second-order valence-electron chi connectivity index (χ2n) is 4.23. The maximum atomic E-state index is 11.6. The predicted octanol–water partition coefficient (Wildman–Crippen LogP) is 3.39. The van der Waals surface area contributed by atoms with E-state index in [4.69, 9.17) is 16.7 Å². The zero-order valence-electron chi connectivity index (χ0n) is 9.99. The number of rotatable bonds is 8. The van der Waals surface area contributed by atoms with Crippen LogP contribution >= 0.6 is 11.6 Å². The first kappa shape index (κ1) is 14.2. The van der Waals surface area contributed by atoms with Crippen LogP contribution in [0.5, 0.6) is 0 Å². The van der Waals surface area contributed by atoms with Crippen molar-refractivity contribution >= 4 is 17.4 Å². The van der Waals surface area contributed by atoms with Gasteiger partial charge in [0.1, 0.15) is 5.78 Å². The van der Waals surface area contributed by atoms with Crippen LogP contribution in [0.1, 0.15) is 37.7 Å². The van der Waals surface area contributed by atoms with Crippen molar-refractivity contribution in [3.63, 3.8) is 0 Å². The maximum absolute atomic E-state index is 11.6. The van der Waals surface area contributed by atoms with Gasteiger partial charge in [-0.15, -0.1) is 0 Å². The summed E-state index contributed by atoms with van der Waals surface area (Å²) in [7, 11) is 0. The maximum Gasteiger partial charge on any atom is 0.137 e. The molecule has 3 heteroatoms. The van der Waals surface area contributed by atoms with E-state index in [9.17, 15) is 4.79 Å². The van der Waals surface area contributed by atoms with E-state index in [-0.39, 0.29) is 12.4 Å². The lowest BCUT2D eigenvalue weighted by Crippen LogP contribution is -2.02. The van der Waals surface area contributed by atoms with Gasteiger partial charge in [-0.3, -0.25) is 4.79 Å². The quantitative estimate of drug-likeness (QED) is 0.722. The third-order valence-corrected chi connectivity index (χ3v) is 2.93. The van der Waals surface area contributed by atoms with Crippen molar-refractivity contribution in [3.05, 3.63) is 34.9 Å². The van der Waals surface area contributed by atoms with Gasteiger partial charge in [-0.2, -0.15) is 0 Å². The van der Waals surface area contributed by atoms with Crippen molar-refractivity contribution in [2.24, 2.45) is 0 Å². The summed E-state index contributed by atoms with van der Waals surface area (Å²) in [6, 6.07) is 7.41. The summed E-state index contributed by atoms with van der Waals surface area (Å²) < 4.78 is 0. The summed E-state index contributed by atoms with van der Waals surface area (Å²) >= 11 is 5.77. The zero-order valence-corrected chi connectivity index (χ0v) is 10.7. The molecule has 0 aliphatic carbocycles. The molecule has 0 unspecified atom stereocenters. The van der Waals surface area contributed by atoms with Crippen LogP contribution in [0.15, 0.2) is 24.3 Å². The molecule has 0 atom stereocenters. The number of aliphatic hydroxyl groups excluding tert-OH is 1. The Morgan fingerprint density at radius 2 is 1.71 bits per heavy atom. The number of benzene rings is 1. The van der Waals surface area contributed by atoms with Crippen molar-refractivity contribution in [1.29, 1.82) is 0 Å². The molecular weight excluding hydrogens is 236 g/mol. The number of aliphatic hydroxyl groups is 1. The fraction of sp³-hybridized carbons (Fsp3) is 0.500. The average Bonchev–Trinajstić information content (AvgIpc) is 2.32. The Balaban J connectivity index is 2.18. The molecule has 0 heterocycles. The summed E-state index contributed by atoms with van der Waals surface area (Å²) in [5, 5.41) is 9.31. The van der Waals surface area contributed by atoms with Gasteiger partial charge in [0.15, 0.2) is 0 Å². The summed E-state index contributed by atoms with van der Waals surface area (Å²) in [6.45, 7) is 0.249. The summed E-state index contributed by atoms with van der Waals surface area (Å²) in [5.41, 5.74) is 1.02.